The SMILES string of the molecule is CC(C)[C@@H]1CC[C@@H](C)C[C@H]1OC(=O)Cn1c(-c2ccc(OC(=O)CCCC3[C@@H]4SC[C@@H]5NC(=O)N3[C@@H]54)cc2)[n+](C)c2ccccc21. The molecule has 1 N–H and O–H groups in total. The number of para-hydroxylation sites is 2. The first-order valence-electron chi connectivity index (χ1n) is 16.9. The van der Waals surface area contributed by atoms with Gasteiger partial charge in [0.2, 0.25) is 0 Å². The van der Waals surface area contributed by atoms with Crippen molar-refractivity contribution in [1.82, 2.24) is 14.8 Å². The van der Waals surface area contributed by atoms with Crippen LogP contribution in [0.4, 0.5) is 4.79 Å². The summed E-state index contributed by atoms with van der Waals surface area (Å²) in [5, 5.41) is 3.57. The van der Waals surface area contributed by atoms with Crippen LogP contribution in [0, 0.1) is 17.8 Å². The summed E-state index contributed by atoms with van der Waals surface area (Å²) in [5.41, 5.74) is 2.89. The Morgan fingerprint density at radius 1 is 1.09 bits per heavy atom. The average molecular weight is 646 g/mol. The topological polar surface area (TPSA) is 93.7 Å². The lowest BCUT2D eigenvalue weighted by atomic mass is 9.75. The molecule has 3 aliphatic heterocycles. The van der Waals surface area contributed by atoms with Crippen LogP contribution in [0.25, 0.3) is 22.4 Å². The Hall–Kier alpha value is -3.53. The van der Waals surface area contributed by atoms with Crippen LogP contribution in [-0.2, 0) is 27.9 Å². The Labute approximate surface area is 275 Å². The highest BCUT2D eigenvalue weighted by Crippen LogP contribution is 2.48. The molecule has 0 spiro atoms. The van der Waals surface area contributed by atoms with Crippen molar-refractivity contribution >= 4 is 40.8 Å². The molecule has 7 atom stereocenters. The highest BCUT2D eigenvalue weighted by Gasteiger charge is 2.62. The summed E-state index contributed by atoms with van der Waals surface area (Å²) >= 11 is 1.94. The second-order valence-electron chi connectivity index (χ2n) is 14.0. The van der Waals surface area contributed by atoms with Gasteiger partial charge in [0.05, 0.1) is 24.7 Å². The lowest BCUT2D eigenvalue weighted by Crippen LogP contribution is -2.64. The Balaban J connectivity index is 1.01. The number of fused-ring (bicyclic) bond motifs is 1. The van der Waals surface area contributed by atoms with Crippen LogP contribution in [0.15, 0.2) is 48.5 Å². The van der Waals surface area contributed by atoms with E-state index in [2.05, 4.69) is 36.7 Å². The number of rotatable bonds is 10. The number of amides is 2. The minimum Gasteiger partial charge on any atom is -0.459 e. The molecular weight excluding hydrogens is 600 g/mol. The minimum atomic E-state index is -0.273. The molecule has 0 radical (unpaired) electrons. The summed E-state index contributed by atoms with van der Waals surface area (Å²) in [7, 11) is 2.01. The van der Waals surface area contributed by atoms with E-state index in [4.69, 9.17) is 9.47 Å². The molecule has 3 saturated heterocycles. The van der Waals surface area contributed by atoms with Crippen molar-refractivity contribution in [2.45, 2.75) is 95.3 Å². The van der Waals surface area contributed by atoms with Gasteiger partial charge in [0.1, 0.15) is 11.9 Å². The van der Waals surface area contributed by atoms with Gasteiger partial charge in [-0.15, -0.1) is 0 Å². The van der Waals surface area contributed by atoms with Crippen LogP contribution in [0.2, 0.25) is 0 Å². The van der Waals surface area contributed by atoms with Crippen molar-refractivity contribution in [3.05, 3.63) is 48.5 Å². The van der Waals surface area contributed by atoms with Gasteiger partial charge in [-0.2, -0.15) is 11.8 Å². The Morgan fingerprint density at radius 2 is 1.87 bits per heavy atom. The largest absolute Gasteiger partial charge is 0.459 e. The van der Waals surface area contributed by atoms with E-state index in [1.807, 2.05) is 70.7 Å². The quantitative estimate of drug-likeness (QED) is 0.136. The summed E-state index contributed by atoms with van der Waals surface area (Å²) in [4.78, 5) is 40.5. The van der Waals surface area contributed by atoms with Gasteiger partial charge in [-0.1, -0.05) is 39.3 Å². The van der Waals surface area contributed by atoms with Crippen molar-refractivity contribution in [1.29, 1.82) is 0 Å². The molecule has 4 fully saturated rings. The van der Waals surface area contributed by atoms with E-state index in [1.54, 1.807) is 0 Å². The second kappa shape index (κ2) is 12.6. The molecule has 4 heterocycles. The van der Waals surface area contributed by atoms with Crippen LogP contribution in [-0.4, -0.2) is 62.7 Å². The summed E-state index contributed by atoms with van der Waals surface area (Å²) in [5.74, 6) is 3.27. The highest BCUT2D eigenvalue weighted by molar-refractivity contribution is 8.00. The first-order valence-corrected chi connectivity index (χ1v) is 17.9. The number of aryl methyl sites for hydroxylation is 1. The summed E-state index contributed by atoms with van der Waals surface area (Å²) in [6.45, 7) is 6.81. The molecule has 10 heteroatoms. The zero-order chi connectivity index (χ0) is 32.1. The van der Waals surface area contributed by atoms with Crippen LogP contribution >= 0.6 is 11.8 Å². The first-order chi connectivity index (χ1) is 22.2. The van der Waals surface area contributed by atoms with E-state index in [-0.39, 0.29) is 42.7 Å². The summed E-state index contributed by atoms with van der Waals surface area (Å²) in [6, 6.07) is 16.4. The second-order valence-corrected chi connectivity index (χ2v) is 15.2. The minimum absolute atomic E-state index is 0.0437. The Bertz CT molecular complexity index is 1640. The van der Waals surface area contributed by atoms with Crippen molar-refractivity contribution in [3.63, 3.8) is 0 Å². The molecule has 3 aromatic rings. The fourth-order valence-electron chi connectivity index (χ4n) is 8.35. The summed E-state index contributed by atoms with van der Waals surface area (Å²) < 4.78 is 16.0. The van der Waals surface area contributed by atoms with E-state index >= 15 is 0 Å². The molecule has 1 aliphatic carbocycles. The predicted molar refractivity (Wildman–Crippen MR) is 177 cm³/mol. The maximum Gasteiger partial charge on any atom is 0.348 e. The number of carbonyl (C=O) groups excluding carboxylic acids is 3. The zero-order valence-corrected chi connectivity index (χ0v) is 28.0. The molecule has 46 heavy (non-hydrogen) atoms. The van der Waals surface area contributed by atoms with E-state index in [0.717, 1.165) is 47.4 Å². The number of nitrogens with one attached hydrogen (secondary N) is 1. The van der Waals surface area contributed by atoms with Crippen LogP contribution in [0.3, 0.4) is 0 Å². The third-order valence-corrected chi connectivity index (χ3v) is 12.2. The number of thioether (sulfide) groups is 1. The van der Waals surface area contributed by atoms with Crippen LogP contribution < -0.4 is 14.6 Å². The smallest absolute Gasteiger partial charge is 0.348 e. The molecule has 7 rings (SSSR count). The molecule has 2 amide bonds. The number of imidazole rings is 1. The Morgan fingerprint density at radius 3 is 2.65 bits per heavy atom. The number of benzene rings is 2. The van der Waals surface area contributed by atoms with Crippen LogP contribution in [0.5, 0.6) is 5.75 Å². The fraction of sp³-hybridized carbons (Fsp3) is 0.556. The van der Waals surface area contributed by atoms with E-state index < -0.39 is 0 Å². The molecule has 1 saturated carbocycles. The maximum atomic E-state index is 13.5. The number of hydrogen-bond donors (Lipinski definition) is 1. The zero-order valence-electron chi connectivity index (χ0n) is 27.2. The molecule has 1 aromatic heterocycles. The van der Waals surface area contributed by atoms with Gasteiger partial charge in [0, 0.05) is 23.5 Å². The number of ether oxygens (including phenoxy) is 2. The number of urea groups is 1. The van der Waals surface area contributed by atoms with Gasteiger partial charge in [-0.25, -0.2) is 18.7 Å². The number of esters is 2. The van der Waals surface area contributed by atoms with Crippen molar-refractivity contribution in [3.8, 4) is 17.1 Å². The van der Waals surface area contributed by atoms with Gasteiger partial charge in [-0.3, -0.25) is 4.79 Å². The van der Waals surface area contributed by atoms with Gasteiger partial charge in [0.25, 0.3) is 5.82 Å². The van der Waals surface area contributed by atoms with E-state index in [9.17, 15) is 14.4 Å². The third kappa shape index (κ3) is 5.67. The molecule has 1 unspecified atom stereocenters. The van der Waals surface area contributed by atoms with Gasteiger partial charge >= 0.3 is 18.0 Å². The lowest BCUT2D eigenvalue weighted by molar-refractivity contribution is -0.634. The molecule has 244 valence electrons. The molecule has 4 aliphatic rings. The number of nitrogens with zero attached hydrogens (tertiary/aromatic N) is 3. The fourth-order valence-corrected chi connectivity index (χ4v) is 10.1. The van der Waals surface area contributed by atoms with Crippen molar-refractivity contribution in [2.24, 2.45) is 24.8 Å². The third-order valence-electron chi connectivity index (χ3n) is 10.7. The maximum absolute atomic E-state index is 13.5. The monoisotopic (exact) mass is 645 g/mol. The molecule has 0 bridgehead atoms. The van der Waals surface area contributed by atoms with Crippen molar-refractivity contribution < 1.29 is 28.4 Å². The standard InChI is InChI=1S/C36H44N4O5S/c1-21(2)25-17-12-22(3)18-30(25)45-32(42)19-39-28-9-6-5-8-27(28)38(4)35(39)23-13-15-24(16-14-23)44-31(41)11-7-10-29-34-33-26(20-46-34)37-36(43)40(29)33/h5-6,8-9,13-16,21-22,25-26,29-30,33-34H,7,10-12,17-20H2,1-4H3/p+1/t22-,25+,26+,29?,30-,33+,34+/m1/s1. The molecular formula is C36H45N4O5S+. The summed E-state index contributed by atoms with van der Waals surface area (Å²) in [6.07, 6.45) is 4.94. The molecule has 2 aromatic carbocycles. The van der Waals surface area contributed by atoms with Gasteiger partial charge < -0.3 is 19.7 Å². The predicted octanol–water partition coefficient (Wildman–Crippen LogP) is 5.47. The first kappa shape index (κ1) is 31.1. The van der Waals surface area contributed by atoms with E-state index in [0.29, 0.717) is 47.6 Å². The van der Waals surface area contributed by atoms with Gasteiger partial charge in [0.15, 0.2) is 17.6 Å². The lowest BCUT2D eigenvalue weighted by Gasteiger charge is -2.48. The number of aromatic nitrogens is 2. The molecule has 9 nitrogen and oxygen atoms in total. The highest BCUT2D eigenvalue weighted by atomic mass is 32.2. The van der Waals surface area contributed by atoms with Crippen molar-refractivity contribution in [2.75, 3.05) is 5.75 Å². The van der Waals surface area contributed by atoms with Gasteiger partial charge in [-0.05, 0) is 79.8 Å². The van der Waals surface area contributed by atoms with Crippen LogP contribution in [0.1, 0.15) is 59.3 Å². The Kier molecular flexibility index (Phi) is 8.50. The normalized spacial score (nSPS) is 28.2. The average Bonchev–Trinajstić information content (AvgIpc) is 3.60. The number of hydrogen-bond acceptors (Lipinski definition) is 6. The number of carbonyl (C=O) groups is 3. The van der Waals surface area contributed by atoms with E-state index in [1.165, 1.54) is 6.42 Å².